The van der Waals surface area contributed by atoms with Crippen molar-refractivity contribution in [2.75, 3.05) is 204 Å². The topological polar surface area (TPSA) is 381 Å². The van der Waals surface area contributed by atoms with Crippen molar-refractivity contribution in [1.29, 1.82) is 0 Å². The summed E-state index contributed by atoms with van der Waals surface area (Å²) in [7, 11) is 1.50. The Morgan fingerprint density at radius 3 is 1.36 bits per heavy atom. The van der Waals surface area contributed by atoms with E-state index in [0.717, 1.165) is 11.3 Å². The SMILES string of the molecule is CN=C(CCCCNC(=O)CCOCCOCCOCCOCCOCCOCCOCCOCCOCCOCCOCCOCCNC(=O)CCC(=O)O)C(=O)N[C@H](C(=O)NCC(=O)[C@@H](CCCNC(N)=O)CNc1ccc(CO)cc1)C(C)C. The van der Waals surface area contributed by atoms with Crippen LogP contribution in [0.4, 0.5) is 10.5 Å². The van der Waals surface area contributed by atoms with Crippen molar-refractivity contribution in [3.05, 3.63) is 29.8 Å². The van der Waals surface area contributed by atoms with Gasteiger partial charge in [0.2, 0.25) is 17.7 Å². The third-order valence-corrected chi connectivity index (χ3v) is 12.2. The number of Topliss-reactive ketones (excluding diaryl/α,β-unsaturated/α-hetero) is 1. The number of benzene rings is 1. The Balaban J connectivity index is 1.94. The molecular formula is C58H102N8O21. The van der Waals surface area contributed by atoms with Crippen LogP contribution in [0.5, 0.6) is 0 Å². The molecule has 0 bridgehead atoms. The van der Waals surface area contributed by atoms with Gasteiger partial charge in [0.25, 0.3) is 5.91 Å². The van der Waals surface area contributed by atoms with E-state index in [4.69, 9.17) is 67.7 Å². The molecule has 1 aromatic rings. The van der Waals surface area contributed by atoms with Crippen molar-refractivity contribution in [2.45, 2.75) is 77.9 Å². The largest absolute Gasteiger partial charge is 0.481 e. The number of aliphatic hydroxyl groups excluding tert-OH is 1. The second-order valence-corrected chi connectivity index (χ2v) is 19.6. The minimum Gasteiger partial charge on any atom is -0.481 e. The highest BCUT2D eigenvalue weighted by Gasteiger charge is 2.27. The third kappa shape index (κ3) is 49.1. The van der Waals surface area contributed by atoms with E-state index in [1.54, 1.807) is 38.1 Å². The van der Waals surface area contributed by atoms with Crippen LogP contribution < -0.4 is 37.6 Å². The fourth-order valence-electron chi connectivity index (χ4n) is 7.41. The van der Waals surface area contributed by atoms with Crippen LogP contribution in [0.1, 0.15) is 70.8 Å². The lowest BCUT2D eigenvalue weighted by Crippen LogP contribution is -2.52. The molecule has 0 spiro atoms. The number of carbonyl (C=O) groups is 7. The number of carboxylic acid groups (broad SMARTS) is 1. The predicted octanol–water partition coefficient (Wildman–Crippen LogP) is 0.409. The third-order valence-electron chi connectivity index (χ3n) is 12.2. The van der Waals surface area contributed by atoms with Gasteiger partial charge in [0.15, 0.2) is 5.78 Å². The van der Waals surface area contributed by atoms with Gasteiger partial charge in [-0.05, 0) is 55.7 Å². The number of nitrogens with two attached hydrogens (primary N) is 1. The lowest BCUT2D eigenvalue weighted by Gasteiger charge is -2.23. The zero-order valence-corrected chi connectivity index (χ0v) is 51.6. The van der Waals surface area contributed by atoms with Gasteiger partial charge in [-0.15, -0.1) is 0 Å². The lowest BCUT2D eigenvalue weighted by atomic mass is 9.97. The van der Waals surface area contributed by atoms with Crippen molar-refractivity contribution in [2.24, 2.45) is 22.6 Å². The number of amides is 6. The average molecular weight is 1250 g/mol. The van der Waals surface area contributed by atoms with Gasteiger partial charge in [0.05, 0.1) is 184 Å². The summed E-state index contributed by atoms with van der Waals surface area (Å²) in [6.45, 7) is 14.3. The molecule has 0 heterocycles. The Bertz CT molecular complexity index is 1980. The highest BCUT2D eigenvalue weighted by Crippen LogP contribution is 2.14. The smallest absolute Gasteiger partial charge is 0.312 e. The summed E-state index contributed by atoms with van der Waals surface area (Å²) in [5.41, 5.74) is 6.93. The number of hydrogen-bond donors (Lipinski definition) is 9. The number of aliphatic hydroxyl groups is 1. The molecule has 0 fully saturated rings. The molecule has 500 valence electrons. The number of aliphatic imine (C=N–C) groups is 1. The van der Waals surface area contributed by atoms with Crippen LogP contribution in [0, 0.1) is 11.8 Å². The first-order chi connectivity index (χ1) is 42.3. The number of carboxylic acids is 1. The normalized spacial score (nSPS) is 12.2. The minimum atomic E-state index is -1.01. The van der Waals surface area contributed by atoms with Gasteiger partial charge in [0, 0.05) is 57.7 Å². The van der Waals surface area contributed by atoms with Crippen molar-refractivity contribution < 1.29 is 101 Å². The molecule has 1 aromatic carbocycles. The molecule has 0 aliphatic heterocycles. The number of nitrogens with zero attached hydrogens (tertiary/aromatic N) is 1. The number of rotatable bonds is 62. The Hall–Kier alpha value is -5.54. The molecule has 6 amide bonds. The van der Waals surface area contributed by atoms with E-state index < -0.39 is 35.8 Å². The van der Waals surface area contributed by atoms with Gasteiger partial charge in [0.1, 0.15) is 6.04 Å². The van der Waals surface area contributed by atoms with E-state index in [0.29, 0.717) is 197 Å². The highest BCUT2D eigenvalue weighted by molar-refractivity contribution is 6.39. The lowest BCUT2D eigenvalue weighted by molar-refractivity contribution is -0.138. The summed E-state index contributed by atoms with van der Waals surface area (Å²) in [4.78, 5) is 89.3. The molecule has 87 heavy (non-hydrogen) atoms. The van der Waals surface area contributed by atoms with E-state index in [1.807, 2.05) is 0 Å². The molecule has 0 aliphatic carbocycles. The van der Waals surface area contributed by atoms with E-state index in [2.05, 4.69) is 36.9 Å². The summed E-state index contributed by atoms with van der Waals surface area (Å²) < 4.78 is 65.7. The van der Waals surface area contributed by atoms with Gasteiger partial charge in [-0.25, -0.2) is 4.79 Å². The van der Waals surface area contributed by atoms with Gasteiger partial charge >= 0.3 is 12.0 Å². The molecular weight excluding hydrogens is 1140 g/mol. The average Bonchev–Trinajstić information content (AvgIpc) is 3.71. The number of nitrogens with one attached hydrogen (secondary N) is 6. The standard InChI is InChI=1S/C58H102N8O21/c1-46(2)55(57(74)65-44-51(68)48(7-6-17-63-58(59)75)43-64-49-11-9-47(45-67)10-12-49)66-56(73)50(60-3)8-4-5-16-61-53(70)15-19-76-21-23-78-25-27-80-29-31-82-33-35-84-37-39-86-41-42-87-40-38-85-36-34-83-32-30-81-28-26-79-24-22-77-20-18-62-52(69)13-14-54(71)72/h9-12,46,48,55,64,67H,4-8,13-45H2,1-3H3,(H,61,70)(H,62,69)(H,65,74)(H,66,73)(H,71,72)(H3,59,63,75)/t48-,55-/m0/s1. The molecule has 0 aliphatic rings. The van der Waals surface area contributed by atoms with E-state index in [-0.39, 0.29) is 81.3 Å². The van der Waals surface area contributed by atoms with Crippen LogP contribution in [0.3, 0.4) is 0 Å². The number of aliphatic carboxylic acids is 1. The maximum absolute atomic E-state index is 13.4. The van der Waals surface area contributed by atoms with Crippen molar-refractivity contribution in [3.8, 4) is 0 Å². The Labute approximate surface area is 512 Å². The first-order valence-corrected chi connectivity index (χ1v) is 30.0. The predicted molar refractivity (Wildman–Crippen MR) is 320 cm³/mol. The van der Waals surface area contributed by atoms with Crippen LogP contribution in [0.25, 0.3) is 0 Å². The summed E-state index contributed by atoms with van der Waals surface area (Å²) in [5.74, 6) is -3.53. The number of primary amides is 1. The molecule has 10 N–H and O–H groups in total. The number of anilines is 1. The molecule has 0 saturated carbocycles. The number of carbonyl (C=O) groups excluding carboxylic acids is 6. The number of ether oxygens (including phenoxy) is 12. The maximum atomic E-state index is 13.4. The minimum absolute atomic E-state index is 0.0502. The molecule has 0 aromatic heterocycles. The first kappa shape index (κ1) is 79.5. The van der Waals surface area contributed by atoms with Crippen LogP contribution in [-0.4, -0.2) is 262 Å². The number of hydrogen-bond acceptors (Lipinski definition) is 22. The number of unbranched alkanes of at least 4 members (excludes halogenated alkanes) is 1. The first-order valence-electron chi connectivity index (χ1n) is 30.0. The van der Waals surface area contributed by atoms with Crippen LogP contribution in [0.2, 0.25) is 0 Å². The Kier molecular flexibility index (Phi) is 52.0. The molecule has 29 heteroatoms. The van der Waals surface area contributed by atoms with Gasteiger partial charge in [-0.2, -0.15) is 0 Å². The molecule has 2 atom stereocenters. The maximum Gasteiger partial charge on any atom is 0.312 e. The van der Waals surface area contributed by atoms with Crippen molar-refractivity contribution in [1.82, 2.24) is 26.6 Å². The second kappa shape index (κ2) is 56.9. The number of urea groups is 1. The van der Waals surface area contributed by atoms with Crippen molar-refractivity contribution >= 4 is 52.8 Å². The van der Waals surface area contributed by atoms with Crippen LogP contribution in [0.15, 0.2) is 29.3 Å². The number of ketones is 1. The monoisotopic (exact) mass is 1250 g/mol. The molecule has 0 radical (unpaired) electrons. The summed E-state index contributed by atoms with van der Waals surface area (Å²) >= 11 is 0. The fourth-order valence-corrected chi connectivity index (χ4v) is 7.41. The Morgan fingerprint density at radius 1 is 0.506 bits per heavy atom. The molecule has 0 unspecified atom stereocenters. The van der Waals surface area contributed by atoms with Gasteiger partial charge in [-0.1, -0.05) is 26.0 Å². The quantitative estimate of drug-likeness (QED) is 0.0315. The molecule has 0 saturated heterocycles. The summed E-state index contributed by atoms with van der Waals surface area (Å²) in [6, 6.07) is 5.54. The van der Waals surface area contributed by atoms with E-state index in [1.165, 1.54) is 7.05 Å². The summed E-state index contributed by atoms with van der Waals surface area (Å²) in [5, 5.41) is 34.5. The Morgan fingerprint density at radius 2 is 0.931 bits per heavy atom. The van der Waals surface area contributed by atoms with Crippen LogP contribution >= 0.6 is 0 Å². The van der Waals surface area contributed by atoms with Crippen molar-refractivity contribution in [3.63, 3.8) is 0 Å². The molecule has 29 nitrogen and oxygen atoms in total. The summed E-state index contributed by atoms with van der Waals surface area (Å²) in [6.07, 6.45) is 2.32. The van der Waals surface area contributed by atoms with Gasteiger partial charge in [-0.3, -0.25) is 33.8 Å². The zero-order valence-electron chi connectivity index (χ0n) is 51.6. The zero-order chi connectivity index (χ0) is 63.6. The molecule has 1 rings (SSSR count). The van der Waals surface area contributed by atoms with E-state index in [9.17, 15) is 38.7 Å². The fraction of sp³-hybridized carbons (Fsp3) is 0.759. The van der Waals surface area contributed by atoms with Gasteiger partial charge < -0.3 is 105 Å². The van der Waals surface area contributed by atoms with Crippen LogP contribution in [-0.2, 0) is 92.2 Å². The van der Waals surface area contributed by atoms with E-state index >= 15 is 0 Å². The second-order valence-electron chi connectivity index (χ2n) is 19.6. The highest BCUT2D eigenvalue weighted by atomic mass is 16.6.